The van der Waals surface area contributed by atoms with Crippen molar-refractivity contribution in [3.8, 4) is 0 Å². The third-order valence-electron chi connectivity index (χ3n) is 2.27. The Morgan fingerprint density at radius 3 is 3.15 bits per heavy atom. The number of hydrogen-bond donors (Lipinski definition) is 0. The van der Waals surface area contributed by atoms with Crippen LogP contribution < -0.4 is 0 Å². The van der Waals surface area contributed by atoms with Crippen LogP contribution in [0.15, 0.2) is 41.5 Å². The van der Waals surface area contributed by atoms with Crippen LogP contribution in [0.4, 0.5) is 5.69 Å². The van der Waals surface area contributed by atoms with Crippen LogP contribution in [0, 0.1) is 0 Å². The van der Waals surface area contributed by atoms with Crippen LogP contribution in [0.1, 0.15) is 0 Å². The van der Waals surface area contributed by atoms with Gasteiger partial charge in [0.25, 0.3) is 0 Å². The molecule has 0 saturated heterocycles. The summed E-state index contributed by atoms with van der Waals surface area (Å²) in [6.45, 7) is 0. The van der Waals surface area contributed by atoms with Crippen molar-refractivity contribution in [1.82, 2.24) is 4.57 Å². The molecule has 0 N–H and O–H groups in total. The highest BCUT2D eigenvalue weighted by molar-refractivity contribution is 5.96. The topological polar surface area (TPSA) is 17.3 Å². The molecule has 0 saturated carbocycles. The largest absolute Gasteiger partial charge is 0.321 e. The molecule has 1 aliphatic heterocycles. The van der Waals surface area contributed by atoms with Crippen molar-refractivity contribution in [2.45, 2.75) is 0 Å². The average Bonchev–Trinajstić information content (AvgIpc) is 2.44. The zero-order valence-corrected chi connectivity index (χ0v) is 7.01. The van der Waals surface area contributed by atoms with Gasteiger partial charge in [-0.15, -0.1) is 0 Å². The summed E-state index contributed by atoms with van der Waals surface area (Å²) in [6.07, 6.45) is 7.84. The first-order chi connectivity index (χ1) is 6.45. The molecule has 2 nitrogen and oxygen atoms in total. The number of aromatic nitrogens is 1. The fraction of sp³-hybridized carbons (Fsp3) is 0. The maximum atomic E-state index is 4.34. The van der Waals surface area contributed by atoms with E-state index in [0.29, 0.717) is 0 Å². The third kappa shape index (κ3) is 0.855. The molecule has 0 aliphatic carbocycles. The highest BCUT2D eigenvalue weighted by Gasteiger charge is 2.04. The van der Waals surface area contributed by atoms with Gasteiger partial charge >= 0.3 is 0 Å². The van der Waals surface area contributed by atoms with E-state index in [0.717, 1.165) is 5.69 Å². The summed E-state index contributed by atoms with van der Waals surface area (Å²) in [7, 11) is 0. The van der Waals surface area contributed by atoms with Crippen molar-refractivity contribution in [3.05, 3.63) is 36.5 Å². The molecule has 3 rings (SSSR count). The van der Waals surface area contributed by atoms with Gasteiger partial charge in [0.1, 0.15) is 0 Å². The molecule has 1 aromatic carbocycles. The first kappa shape index (κ1) is 6.66. The molecule has 0 spiro atoms. The summed E-state index contributed by atoms with van der Waals surface area (Å²) in [4.78, 5) is 4.34. The minimum Gasteiger partial charge on any atom is -0.321 e. The number of para-hydroxylation sites is 1. The number of aliphatic imine (C=N–C) groups is 1. The third-order valence-corrected chi connectivity index (χ3v) is 2.27. The molecule has 13 heavy (non-hydrogen) atoms. The number of benzene rings is 1. The highest BCUT2D eigenvalue weighted by Crippen LogP contribution is 2.27. The fourth-order valence-corrected chi connectivity index (χ4v) is 1.68. The van der Waals surface area contributed by atoms with Gasteiger partial charge in [0.2, 0.25) is 0 Å². The van der Waals surface area contributed by atoms with E-state index in [1.807, 2.05) is 30.6 Å². The first-order valence-corrected chi connectivity index (χ1v) is 4.25. The first-order valence-electron chi connectivity index (χ1n) is 4.25. The number of allylic oxidation sites excluding steroid dienone is 1. The van der Waals surface area contributed by atoms with Crippen LogP contribution in [0.5, 0.6) is 0 Å². The lowest BCUT2D eigenvalue weighted by atomic mass is 10.2. The van der Waals surface area contributed by atoms with Crippen molar-refractivity contribution in [1.29, 1.82) is 0 Å². The quantitative estimate of drug-likeness (QED) is 0.575. The monoisotopic (exact) mass is 168 g/mol. The smallest absolute Gasteiger partial charge is 0.0875 e. The molecule has 62 valence electrons. The number of nitrogens with zero attached hydrogens (tertiary/aromatic N) is 2. The van der Waals surface area contributed by atoms with Gasteiger partial charge in [-0.05, 0) is 18.2 Å². The van der Waals surface area contributed by atoms with E-state index in [1.165, 1.54) is 10.9 Å². The summed E-state index contributed by atoms with van der Waals surface area (Å²) in [5.41, 5.74) is 2.22. The molecule has 0 radical (unpaired) electrons. The van der Waals surface area contributed by atoms with Crippen LogP contribution in [-0.2, 0) is 0 Å². The van der Waals surface area contributed by atoms with Crippen molar-refractivity contribution in [2.24, 2.45) is 4.99 Å². The van der Waals surface area contributed by atoms with Crippen LogP contribution in [-0.4, -0.2) is 10.8 Å². The molecule has 0 fully saturated rings. The molecule has 0 unspecified atom stereocenters. The van der Waals surface area contributed by atoms with Gasteiger partial charge in [-0.25, -0.2) is 0 Å². The Morgan fingerprint density at radius 1 is 1.15 bits per heavy atom. The summed E-state index contributed by atoms with van der Waals surface area (Å²) in [6, 6.07) is 8.26. The second-order valence-electron chi connectivity index (χ2n) is 3.06. The maximum Gasteiger partial charge on any atom is 0.0875 e. The van der Waals surface area contributed by atoms with Crippen LogP contribution >= 0.6 is 0 Å². The highest BCUT2D eigenvalue weighted by atomic mass is 15.0. The predicted molar refractivity (Wildman–Crippen MR) is 55.4 cm³/mol. The number of rotatable bonds is 0. The zero-order chi connectivity index (χ0) is 8.67. The summed E-state index contributed by atoms with van der Waals surface area (Å²) in [5, 5.41) is 1.24. The van der Waals surface area contributed by atoms with E-state index in [2.05, 4.69) is 27.9 Å². The van der Waals surface area contributed by atoms with Gasteiger partial charge < -0.3 is 4.57 Å². The Labute approximate surface area is 75.8 Å². The fourth-order valence-electron chi connectivity index (χ4n) is 1.68. The number of hydrogen-bond acceptors (Lipinski definition) is 1. The molecular weight excluding hydrogens is 160 g/mol. The maximum absolute atomic E-state index is 4.34. The van der Waals surface area contributed by atoms with E-state index in [9.17, 15) is 0 Å². The lowest BCUT2D eigenvalue weighted by Gasteiger charge is -1.98. The summed E-state index contributed by atoms with van der Waals surface area (Å²) < 4.78 is 2.09. The molecule has 0 bridgehead atoms. The Hall–Kier alpha value is -1.83. The van der Waals surface area contributed by atoms with Crippen molar-refractivity contribution in [2.75, 3.05) is 0 Å². The molecule has 1 aromatic heterocycles. The van der Waals surface area contributed by atoms with Gasteiger partial charge in [-0.1, -0.05) is 12.1 Å². The normalized spacial score (nSPS) is 13.5. The van der Waals surface area contributed by atoms with E-state index in [1.54, 1.807) is 0 Å². The molecule has 0 atom stereocenters. The van der Waals surface area contributed by atoms with Crippen molar-refractivity contribution in [3.63, 3.8) is 0 Å². The lowest BCUT2D eigenvalue weighted by molar-refractivity contribution is 1.23. The van der Waals surface area contributed by atoms with Gasteiger partial charge in [-0.2, -0.15) is 0 Å². The van der Waals surface area contributed by atoms with E-state index >= 15 is 0 Å². The minimum absolute atomic E-state index is 1.03. The second-order valence-corrected chi connectivity index (χ2v) is 3.06. The van der Waals surface area contributed by atoms with Crippen LogP contribution in [0.3, 0.4) is 0 Å². The van der Waals surface area contributed by atoms with Gasteiger partial charge in [0.05, 0.1) is 11.2 Å². The van der Waals surface area contributed by atoms with Gasteiger partial charge in [0, 0.05) is 24.0 Å². The molecule has 0 amide bonds. The SMILES string of the molecule is C1=Cn2ccc3cccc(c32)N=C1. The molecule has 1 aliphatic rings. The minimum atomic E-state index is 1.03. The zero-order valence-electron chi connectivity index (χ0n) is 7.01. The Kier molecular flexibility index (Phi) is 1.19. The Balaban J connectivity index is 2.56. The summed E-state index contributed by atoms with van der Waals surface area (Å²) >= 11 is 0. The van der Waals surface area contributed by atoms with Crippen LogP contribution in [0.2, 0.25) is 0 Å². The van der Waals surface area contributed by atoms with Gasteiger partial charge in [-0.3, -0.25) is 4.99 Å². The summed E-state index contributed by atoms with van der Waals surface area (Å²) in [5.74, 6) is 0. The molecular formula is C11H8N2. The average molecular weight is 168 g/mol. The van der Waals surface area contributed by atoms with E-state index < -0.39 is 0 Å². The molecule has 2 aromatic rings. The van der Waals surface area contributed by atoms with Gasteiger partial charge in [0.15, 0.2) is 0 Å². The van der Waals surface area contributed by atoms with Crippen LogP contribution in [0.25, 0.3) is 17.1 Å². The molecule has 2 heterocycles. The molecule has 2 heteroatoms. The lowest BCUT2D eigenvalue weighted by Crippen LogP contribution is -1.80. The predicted octanol–water partition coefficient (Wildman–Crippen LogP) is 2.83. The van der Waals surface area contributed by atoms with Crippen molar-refractivity contribution < 1.29 is 0 Å². The van der Waals surface area contributed by atoms with Crippen molar-refractivity contribution >= 4 is 29.0 Å². The Bertz CT molecular complexity index is 518. The Morgan fingerprint density at radius 2 is 2.15 bits per heavy atom. The van der Waals surface area contributed by atoms with E-state index in [4.69, 9.17) is 0 Å². The van der Waals surface area contributed by atoms with E-state index in [-0.39, 0.29) is 0 Å². The second kappa shape index (κ2) is 2.33. The standard InChI is InChI=1S/C11H8N2/c1-3-9-5-8-13-7-2-6-12-10(4-1)11(9)13/h1-8H.